The lowest BCUT2D eigenvalue weighted by Gasteiger charge is -2.06. The Kier molecular flexibility index (Phi) is 4.44. The lowest BCUT2D eigenvalue weighted by atomic mass is 10.2. The minimum Gasteiger partial charge on any atom is -0.321 e. The number of nitrogens with zero attached hydrogens (tertiary/aromatic N) is 4. The van der Waals surface area contributed by atoms with Crippen LogP contribution in [0.5, 0.6) is 0 Å². The number of anilines is 1. The zero-order chi connectivity index (χ0) is 18.0. The minimum atomic E-state index is -0.563. The lowest BCUT2D eigenvalue weighted by Crippen LogP contribution is -2.14. The van der Waals surface area contributed by atoms with Gasteiger partial charge in [-0.3, -0.25) is 14.9 Å². The molecule has 0 atom stereocenters. The zero-order valence-corrected chi connectivity index (χ0v) is 13.8. The van der Waals surface area contributed by atoms with Crippen LogP contribution >= 0.6 is 11.6 Å². The highest BCUT2D eigenvalue weighted by atomic mass is 35.5. The molecule has 0 saturated heterocycles. The summed E-state index contributed by atoms with van der Waals surface area (Å²) < 4.78 is 1.24. The second kappa shape index (κ2) is 6.70. The SMILES string of the molecule is Cc1c(C(=O)Nc2ccccc2)nnn1-c1ccc(Cl)cc1[N+](=O)[O-]. The first-order valence-corrected chi connectivity index (χ1v) is 7.58. The van der Waals surface area contributed by atoms with Gasteiger partial charge in [-0.05, 0) is 31.2 Å². The number of carbonyl (C=O) groups is 1. The minimum absolute atomic E-state index is 0.0769. The van der Waals surface area contributed by atoms with E-state index in [0.29, 0.717) is 11.4 Å². The second-order valence-corrected chi connectivity index (χ2v) is 5.58. The summed E-state index contributed by atoms with van der Waals surface area (Å²) in [6, 6.07) is 13.1. The van der Waals surface area contributed by atoms with Gasteiger partial charge in [0.1, 0.15) is 5.69 Å². The number of hydrogen-bond donors (Lipinski definition) is 1. The number of aromatic nitrogens is 3. The van der Waals surface area contributed by atoms with Gasteiger partial charge >= 0.3 is 0 Å². The maximum atomic E-state index is 12.4. The molecule has 2 aromatic carbocycles. The van der Waals surface area contributed by atoms with Gasteiger partial charge in [0, 0.05) is 16.8 Å². The molecule has 0 aliphatic rings. The number of nitro benzene ring substituents is 1. The average molecular weight is 358 g/mol. The molecule has 3 aromatic rings. The second-order valence-electron chi connectivity index (χ2n) is 5.15. The molecule has 1 amide bonds. The van der Waals surface area contributed by atoms with Gasteiger partial charge in [-0.2, -0.15) is 0 Å². The van der Waals surface area contributed by atoms with Crippen molar-refractivity contribution in [1.29, 1.82) is 0 Å². The van der Waals surface area contributed by atoms with Crippen LogP contribution in [0.25, 0.3) is 5.69 Å². The number of nitro groups is 1. The number of amides is 1. The van der Waals surface area contributed by atoms with Gasteiger partial charge in [-0.1, -0.05) is 35.0 Å². The highest BCUT2D eigenvalue weighted by Crippen LogP contribution is 2.27. The van der Waals surface area contributed by atoms with Crippen molar-refractivity contribution in [2.24, 2.45) is 0 Å². The molecule has 0 bridgehead atoms. The predicted octanol–water partition coefficient (Wildman–Crippen LogP) is 3.39. The maximum Gasteiger partial charge on any atom is 0.296 e. The van der Waals surface area contributed by atoms with Gasteiger partial charge in [0.15, 0.2) is 5.69 Å². The Bertz CT molecular complexity index is 956. The summed E-state index contributed by atoms with van der Waals surface area (Å²) >= 11 is 5.82. The molecule has 0 fully saturated rings. The van der Waals surface area contributed by atoms with Crippen molar-refractivity contribution in [3.05, 3.63) is 75.1 Å². The summed E-state index contributed by atoms with van der Waals surface area (Å²) in [6.07, 6.45) is 0. The van der Waals surface area contributed by atoms with Crippen LogP contribution in [0.4, 0.5) is 11.4 Å². The lowest BCUT2D eigenvalue weighted by molar-refractivity contribution is -0.384. The quantitative estimate of drug-likeness (QED) is 0.569. The van der Waals surface area contributed by atoms with Gasteiger partial charge in [0.2, 0.25) is 0 Å². The number of para-hydroxylation sites is 1. The summed E-state index contributed by atoms with van der Waals surface area (Å²) in [5, 5.41) is 21.9. The molecule has 0 aliphatic carbocycles. The molecule has 3 rings (SSSR count). The first-order valence-electron chi connectivity index (χ1n) is 7.20. The molecule has 0 radical (unpaired) electrons. The van der Waals surface area contributed by atoms with Gasteiger partial charge in [0.25, 0.3) is 11.6 Å². The van der Waals surface area contributed by atoms with E-state index in [2.05, 4.69) is 15.6 Å². The van der Waals surface area contributed by atoms with E-state index in [1.54, 1.807) is 31.2 Å². The van der Waals surface area contributed by atoms with Gasteiger partial charge in [-0.25, -0.2) is 4.68 Å². The van der Waals surface area contributed by atoms with E-state index < -0.39 is 10.8 Å². The van der Waals surface area contributed by atoms with Crippen LogP contribution in [0, 0.1) is 17.0 Å². The van der Waals surface area contributed by atoms with Crippen LogP contribution < -0.4 is 5.32 Å². The summed E-state index contributed by atoms with van der Waals surface area (Å²) in [6.45, 7) is 1.61. The van der Waals surface area contributed by atoms with Crippen LogP contribution in [0.15, 0.2) is 48.5 Å². The zero-order valence-electron chi connectivity index (χ0n) is 13.0. The average Bonchev–Trinajstić information content (AvgIpc) is 2.97. The normalized spacial score (nSPS) is 10.5. The van der Waals surface area contributed by atoms with E-state index in [1.807, 2.05) is 6.07 Å². The van der Waals surface area contributed by atoms with Crippen LogP contribution in [0.1, 0.15) is 16.2 Å². The summed E-state index contributed by atoms with van der Waals surface area (Å²) in [5.41, 5.74) is 1.01. The number of benzene rings is 2. The van der Waals surface area contributed by atoms with Crippen molar-refractivity contribution in [3.8, 4) is 5.69 Å². The van der Waals surface area contributed by atoms with E-state index >= 15 is 0 Å². The van der Waals surface area contributed by atoms with E-state index in [4.69, 9.17) is 11.6 Å². The molecule has 0 spiro atoms. The number of carbonyl (C=O) groups excluding carboxylic acids is 1. The number of halogens is 1. The molecular formula is C16H12ClN5O3. The fourth-order valence-corrected chi connectivity index (χ4v) is 2.47. The van der Waals surface area contributed by atoms with Crippen molar-refractivity contribution in [2.45, 2.75) is 6.92 Å². The highest BCUT2D eigenvalue weighted by Gasteiger charge is 2.23. The Morgan fingerprint density at radius 1 is 1.24 bits per heavy atom. The third-order valence-corrected chi connectivity index (χ3v) is 3.74. The van der Waals surface area contributed by atoms with Crippen LogP contribution in [-0.2, 0) is 0 Å². The summed E-state index contributed by atoms with van der Waals surface area (Å²) in [4.78, 5) is 23.1. The van der Waals surface area contributed by atoms with E-state index in [1.165, 1.54) is 22.9 Å². The third kappa shape index (κ3) is 3.33. The fourth-order valence-electron chi connectivity index (χ4n) is 2.30. The standard InChI is InChI=1S/C16H12ClN5O3/c1-10-15(16(23)18-12-5-3-2-4-6-12)19-20-21(10)13-8-7-11(17)9-14(13)22(24)25/h2-9H,1H3,(H,18,23). The van der Waals surface area contributed by atoms with E-state index in [0.717, 1.165) is 0 Å². The Labute approximate surface area is 147 Å². The monoisotopic (exact) mass is 357 g/mol. The van der Waals surface area contributed by atoms with Crippen molar-refractivity contribution in [1.82, 2.24) is 15.0 Å². The molecule has 8 nitrogen and oxygen atoms in total. The molecule has 25 heavy (non-hydrogen) atoms. The molecule has 1 heterocycles. The molecule has 0 aliphatic heterocycles. The number of nitrogens with one attached hydrogen (secondary N) is 1. The predicted molar refractivity (Wildman–Crippen MR) is 92.2 cm³/mol. The van der Waals surface area contributed by atoms with Crippen molar-refractivity contribution >= 4 is 28.9 Å². The molecule has 0 saturated carbocycles. The third-order valence-electron chi connectivity index (χ3n) is 3.50. The Hall–Kier alpha value is -3.26. The van der Waals surface area contributed by atoms with E-state index in [-0.39, 0.29) is 22.1 Å². The Balaban J connectivity index is 1.97. The molecule has 9 heteroatoms. The van der Waals surface area contributed by atoms with Crippen LogP contribution in [0.3, 0.4) is 0 Å². The number of rotatable bonds is 4. The molecule has 0 unspecified atom stereocenters. The Morgan fingerprint density at radius 3 is 2.64 bits per heavy atom. The van der Waals surface area contributed by atoms with Crippen molar-refractivity contribution in [3.63, 3.8) is 0 Å². The Morgan fingerprint density at radius 2 is 1.96 bits per heavy atom. The maximum absolute atomic E-state index is 12.4. The van der Waals surface area contributed by atoms with Crippen molar-refractivity contribution < 1.29 is 9.72 Å². The topological polar surface area (TPSA) is 103 Å². The number of hydrogen-bond acceptors (Lipinski definition) is 5. The van der Waals surface area contributed by atoms with Crippen LogP contribution in [0.2, 0.25) is 5.02 Å². The van der Waals surface area contributed by atoms with Gasteiger partial charge < -0.3 is 5.32 Å². The van der Waals surface area contributed by atoms with Gasteiger partial charge in [-0.15, -0.1) is 5.10 Å². The van der Waals surface area contributed by atoms with Gasteiger partial charge in [0.05, 0.1) is 10.6 Å². The fraction of sp³-hybridized carbons (Fsp3) is 0.0625. The van der Waals surface area contributed by atoms with Crippen molar-refractivity contribution in [2.75, 3.05) is 5.32 Å². The molecule has 1 aromatic heterocycles. The highest BCUT2D eigenvalue weighted by molar-refractivity contribution is 6.30. The molecule has 126 valence electrons. The summed E-state index contributed by atoms with van der Waals surface area (Å²) in [5.74, 6) is -0.452. The van der Waals surface area contributed by atoms with Crippen LogP contribution in [-0.4, -0.2) is 25.8 Å². The molecular weight excluding hydrogens is 346 g/mol. The largest absolute Gasteiger partial charge is 0.321 e. The van der Waals surface area contributed by atoms with E-state index in [9.17, 15) is 14.9 Å². The molecule has 1 N–H and O–H groups in total. The first kappa shape index (κ1) is 16.6. The first-order chi connectivity index (χ1) is 12.0. The summed E-state index contributed by atoms with van der Waals surface area (Å²) in [7, 11) is 0. The smallest absolute Gasteiger partial charge is 0.296 e.